The highest BCUT2D eigenvalue weighted by atomic mass is 19.1. The number of rotatable bonds is 3. The van der Waals surface area contributed by atoms with E-state index in [-0.39, 0.29) is 11.9 Å². The van der Waals surface area contributed by atoms with Crippen LogP contribution in [0, 0.1) is 12.7 Å². The Labute approximate surface area is 113 Å². The second kappa shape index (κ2) is 5.03. The molecule has 1 heterocycles. The van der Waals surface area contributed by atoms with Crippen LogP contribution in [0.1, 0.15) is 38.2 Å². The second-order valence-corrected chi connectivity index (χ2v) is 5.04. The van der Waals surface area contributed by atoms with Gasteiger partial charge in [0, 0.05) is 18.0 Å². The molecule has 2 aromatic rings. The van der Waals surface area contributed by atoms with Gasteiger partial charge in [0.05, 0.1) is 0 Å². The number of anilines is 1. The summed E-state index contributed by atoms with van der Waals surface area (Å²) in [5.41, 5.74) is 8.64. The van der Waals surface area contributed by atoms with Crippen LogP contribution in [-0.2, 0) is 6.42 Å². The summed E-state index contributed by atoms with van der Waals surface area (Å²) in [6.45, 7) is 8.12. The molecule has 0 unspecified atom stereocenters. The molecule has 0 radical (unpaired) electrons. The normalized spacial score (nSPS) is 11.3. The van der Waals surface area contributed by atoms with Crippen LogP contribution >= 0.6 is 0 Å². The summed E-state index contributed by atoms with van der Waals surface area (Å²) < 4.78 is 15.5. The minimum Gasteiger partial charge on any atom is -0.383 e. The molecule has 2 rings (SSSR count). The molecule has 0 fully saturated rings. The van der Waals surface area contributed by atoms with Crippen molar-refractivity contribution < 1.29 is 4.39 Å². The molecule has 0 saturated heterocycles. The first-order valence-corrected chi connectivity index (χ1v) is 6.58. The van der Waals surface area contributed by atoms with Crippen molar-refractivity contribution in [2.75, 3.05) is 5.73 Å². The van der Waals surface area contributed by atoms with E-state index in [0.717, 1.165) is 23.4 Å². The van der Waals surface area contributed by atoms with Gasteiger partial charge in [0.25, 0.3) is 0 Å². The number of aryl methyl sites for hydroxylation is 2. The summed E-state index contributed by atoms with van der Waals surface area (Å²) in [5, 5.41) is 0. The summed E-state index contributed by atoms with van der Waals surface area (Å²) >= 11 is 0. The maximum Gasteiger partial charge on any atom is 0.131 e. The Morgan fingerprint density at radius 3 is 2.58 bits per heavy atom. The molecule has 0 saturated carbocycles. The van der Waals surface area contributed by atoms with Gasteiger partial charge in [-0.3, -0.25) is 0 Å². The lowest BCUT2D eigenvalue weighted by atomic mass is 10.1. The molecular formula is C15H20FN3. The smallest absolute Gasteiger partial charge is 0.131 e. The van der Waals surface area contributed by atoms with E-state index in [2.05, 4.69) is 18.8 Å². The quantitative estimate of drug-likeness (QED) is 0.915. The molecule has 3 nitrogen and oxygen atoms in total. The Hall–Kier alpha value is -1.84. The average molecular weight is 261 g/mol. The molecule has 0 aliphatic heterocycles. The summed E-state index contributed by atoms with van der Waals surface area (Å²) in [6.07, 6.45) is 0.802. The number of imidazole rings is 1. The van der Waals surface area contributed by atoms with Crippen molar-refractivity contribution in [1.29, 1.82) is 0 Å². The molecule has 0 amide bonds. The Bertz CT molecular complexity index is 600. The fourth-order valence-corrected chi connectivity index (χ4v) is 2.37. The number of benzene rings is 1. The molecule has 102 valence electrons. The van der Waals surface area contributed by atoms with E-state index in [1.54, 1.807) is 6.07 Å². The van der Waals surface area contributed by atoms with Crippen molar-refractivity contribution in [3.05, 3.63) is 35.4 Å². The highest BCUT2D eigenvalue weighted by molar-refractivity contribution is 5.73. The lowest BCUT2D eigenvalue weighted by Crippen LogP contribution is -2.09. The Balaban J connectivity index is 2.66. The predicted octanol–water partition coefficient (Wildman–Crippen LogP) is 3.72. The van der Waals surface area contributed by atoms with Crippen molar-refractivity contribution in [1.82, 2.24) is 9.55 Å². The van der Waals surface area contributed by atoms with Crippen LogP contribution in [0.2, 0.25) is 0 Å². The van der Waals surface area contributed by atoms with E-state index < -0.39 is 0 Å². The van der Waals surface area contributed by atoms with Crippen LogP contribution in [0.15, 0.2) is 18.2 Å². The number of nitrogens with zero attached hydrogens (tertiary/aromatic N) is 2. The standard InChI is InChI=1S/C15H20FN3/c1-5-13-18-14(15(17)19(13)9(2)3)12-8-11(16)7-6-10(12)4/h6-9H,5,17H2,1-4H3. The minimum atomic E-state index is -0.267. The van der Waals surface area contributed by atoms with E-state index in [1.807, 2.05) is 18.4 Å². The van der Waals surface area contributed by atoms with Gasteiger partial charge in [-0.15, -0.1) is 0 Å². The predicted molar refractivity (Wildman–Crippen MR) is 76.5 cm³/mol. The van der Waals surface area contributed by atoms with Crippen LogP contribution in [0.4, 0.5) is 10.2 Å². The zero-order valence-electron chi connectivity index (χ0n) is 11.9. The van der Waals surface area contributed by atoms with Gasteiger partial charge < -0.3 is 10.3 Å². The second-order valence-electron chi connectivity index (χ2n) is 5.04. The van der Waals surface area contributed by atoms with Gasteiger partial charge in [0.1, 0.15) is 23.2 Å². The Morgan fingerprint density at radius 2 is 2.05 bits per heavy atom. The molecule has 19 heavy (non-hydrogen) atoms. The zero-order valence-corrected chi connectivity index (χ0v) is 11.9. The third-order valence-electron chi connectivity index (χ3n) is 3.31. The van der Waals surface area contributed by atoms with Crippen LogP contribution in [-0.4, -0.2) is 9.55 Å². The number of nitrogens with two attached hydrogens (primary N) is 1. The van der Waals surface area contributed by atoms with Gasteiger partial charge in [-0.25, -0.2) is 9.37 Å². The van der Waals surface area contributed by atoms with Gasteiger partial charge in [-0.05, 0) is 38.5 Å². The van der Waals surface area contributed by atoms with E-state index in [0.29, 0.717) is 11.5 Å². The summed E-state index contributed by atoms with van der Waals surface area (Å²) in [4.78, 5) is 4.59. The summed E-state index contributed by atoms with van der Waals surface area (Å²) in [5.74, 6) is 1.28. The maximum atomic E-state index is 13.4. The number of hydrogen-bond acceptors (Lipinski definition) is 2. The molecule has 0 atom stereocenters. The topological polar surface area (TPSA) is 43.8 Å². The summed E-state index contributed by atoms with van der Waals surface area (Å²) in [7, 11) is 0. The Morgan fingerprint density at radius 1 is 1.37 bits per heavy atom. The van der Waals surface area contributed by atoms with Crippen molar-refractivity contribution >= 4 is 5.82 Å². The first kappa shape index (κ1) is 13.6. The monoisotopic (exact) mass is 261 g/mol. The molecule has 0 aliphatic carbocycles. The molecule has 1 aromatic carbocycles. The highest BCUT2D eigenvalue weighted by Gasteiger charge is 2.18. The van der Waals surface area contributed by atoms with E-state index in [9.17, 15) is 4.39 Å². The first-order valence-electron chi connectivity index (χ1n) is 6.58. The van der Waals surface area contributed by atoms with Crippen LogP contribution in [0.5, 0.6) is 0 Å². The molecule has 4 heteroatoms. The number of nitrogen functional groups attached to an aromatic ring is 1. The summed E-state index contributed by atoms with van der Waals surface area (Å²) in [6, 6.07) is 4.95. The highest BCUT2D eigenvalue weighted by Crippen LogP contribution is 2.31. The molecule has 1 aromatic heterocycles. The zero-order chi connectivity index (χ0) is 14.2. The number of halogens is 1. The first-order chi connectivity index (χ1) is 8.95. The molecule has 0 spiro atoms. The number of aromatic nitrogens is 2. The van der Waals surface area contributed by atoms with Crippen molar-refractivity contribution in [2.24, 2.45) is 0 Å². The van der Waals surface area contributed by atoms with Crippen LogP contribution in [0.25, 0.3) is 11.3 Å². The molecular weight excluding hydrogens is 241 g/mol. The Kier molecular flexibility index (Phi) is 3.60. The molecule has 0 aliphatic rings. The van der Waals surface area contributed by atoms with Gasteiger partial charge in [-0.1, -0.05) is 13.0 Å². The molecule has 2 N–H and O–H groups in total. The van der Waals surface area contributed by atoms with Gasteiger partial charge in [0.2, 0.25) is 0 Å². The van der Waals surface area contributed by atoms with Crippen LogP contribution in [0.3, 0.4) is 0 Å². The molecule has 0 bridgehead atoms. The van der Waals surface area contributed by atoms with E-state index in [1.165, 1.54) is 12.1 Å². The van der Waals surface area contributed by atoms with E-state index >= 15 is 0 Å². The van der Waals surface area contributed by atoms with Crippen molar-refractivity contribution in [3.8, 4) is 11.3 Å². The third-order valence-corrected chi connectivity index (χ3v) is 3.31. The van der Waals surface area contributed by atoms with Gasteiger partial charge in [0.15, 0.2) is 0 Å². The minimum absolute atomic E-state index is 0.241. The largest absolute Gasteiger partial charge is 0.383 e. The maximum absolute atomic E-state index is 13.4. The fourth-order valence-electron chi connectivity index (χ4n) is 2.37. The van der Waals surface area contributed by atoms with Crippen molar-refractivity contribution in [2.45, 2.75) is 40.2 Å². The van der Waals surface area contributed by atoms with Crippen LogP contribution < -0.4 is 5.73 Å². The van der Waals surface area contributed by atoms with E-state index in [4.69, 9.17) is 5.73 Å². The lowest BCUT2D eigenvalue weighted by molar-refractivity contribution is 0.579. The fraction of sp³-hybridized carbons (Fsp3) is 0.400. The van der Waals surface area contributed by atoms with Crippen molar-refractivity contribution in [3.63, 3.8) is 0 Å². The lowest BCUT2D eigenvalue weighted by Gasteiger charge is -2.12. The average Bonchev–Trinajstić information content (AvgIpc) is 2.69. The van der Waals surface area contributed by atoms with Gasteiger partial charge in [-0.2, -0.15) is 0 Å². The third kappa shape index (κ3) is 2.35. The SMILES string of the molecule is CCc1nc(-c2cc(F)ccc2C)c(N)n1C(C)C. The number of hydrogen-bond donors (Lipinski definition) is 1. The van der Waals surface area contributed by atoms with Gasteiger partial charge >= 0.3 is 0 Å².